The molecule has 0 spiro atoms. The molecule has 2 aromatic heterocycles. The van der Waals surface area contributed by atoms with Gasteiger partial charge in [-0.1, -0.05) is 6.07 Å². The molecule has 1 aromatic carbocycles. The molecule has 116 valence electrons. The van der Waals surface area contributed by atoms with Crippen LogP contribution in [-0.2, 0) is 7.05 Å². The van der Waals surface area contributed by atoms with Gasteiger partial charge in [-0.2, -0.15) is 0 Å². The van der Waals surface area contributed by atoms with Gasteiger partial charge in [-0.15, -0.1) is 0 Å². The van der Waals surface area contributed by atoms with Crippen molar-refractivity contribution in [2.75, 3.05) is 12.4 Å². The zero-order valence-corrected chi connectivity index (χ0v) is 12.7. The number of carbonyl (C=O) groups is 1. The Morgan fingerprint density at radius 3 is 2.83 bits per heavy atom. The topological polar surface area (TPSA) is 73.2 Å². The molecule has 0 aliphatic carbocycles. The van der Waals surface area contributed by atoms with Gasteiger partial charge in [-0.3, -0.25) is 14.2 Å². The molecule has 3 rings (SSSR count). The minimum Gasteiger partial charge on any atom is -0.497 e. The molecule has 2 heterocycles. The molecule has 0 aliphatic rings. The second kappa shape index (κ2) is 5.92. The predicted octanol–water partition coefficient (Wildman–Crippen LogP) is 2.19. The number of pyridine rings is 2. The van der Waals surface area contributed by atoms with Crippen LogP contribution >= 0.6 is 0 Å². The van der Waals surface area contributed by atoms with Crippen LogP contribution in [-0.4, -0.2) is 22.6 Å². The second-order valence-corrected chi connectivity index (χ2v) is 5.02. The number of hydrogen-bond donors (Lipinski definition) is 1. The number of amides is 1. The van der Waals surface area contributed by atoms with Gasteiger partial charge >= 0.3 is 0 Å². The van der Waals surface area contributed by atoms with Gasteiger partial charge in [0.1, 0.15) is 17.0 Å². The molecule has 1 N–H and O–H groups in total. The van der Waals surface area contributed by atoms with Crippen LogP contribution < -0.4 is 15.6 Å². The lowest BCUT2D eigenvalue weighted by Crippen LogP contribution is -2.28. The molecule has 6 heteroatoms. The van der Waals surface area contributed by atoms with E-state index in [2.05, 4.69) is 10.3 Å². The number of anilines is 1. The molecule has 0 unspecified atom stereocenters. The summed E-state index contributed by atoms with van der Waals surface area (Å²) in [5, 5.41) is 3.44. The maximum absolute atomic E-state index is 12.4. The van der Waals surface area contributed by atoms with Crippen molar-refractivity contribution in [3.8, 4) is 5.75 Å². The van der Waals surface area contributed by atoms with E-state index >= 15 is 0 Å². The summed E-state index contributed by atoms with van der Waals surface area (Å²) in [5.41, 5.74) is 0.769. The molecular formula is C17H15N3O3. The number of aryl methyl sites for hydroxylation is 1. The number of methoxy groups -OCH3 is 1. The monoisotopic (exact) mass is 309 g/mol. The van der Waals surface area contributed by atoms with Gasteiger partial charge in [-0.05, 0) is 30.3 Å². The van der Waals surface area contributed by atoms with Crippen molar-refractivity contribution in [3.05, 3.63) is 64.6 Å². The minimum absolute atomic E-state index is 0.0656. The molecule has 3 aromatic rings. The smallest absolute Gasteiger partial charge is 0.264 e. The molecule has 0 saturated carbocycles. The molecule has 0 atom stereocenters. The number of fused-ring (bicyclic) bond motifs is 1. The SMILES string of the molecule is COc1cccc(NC(=O)c2cc3cccnc3n(C)c2=O)c1. The lowest BCUT2D eigenvalue weighted by Gasteiger charge is -2.09. The van der Waals surface area contributed by atoms with Gasteiger partial charge in [-0.25, -0.2) is 4.98 Å². The number of aromatic nitrogens is 2. The van der Waals surface area contributed by atoms with E-state index in [1.807, 2.05) is 6.07 Å². The summed E-state index contributed by atoms with van der Waals surface area (Å²) < 4.78 is 6.49. The van der Waals surface area contributed by atoms with Crippen molar-refractivity contribution in [2.24, 2.45) is 7.05 Å². The summed E-state index contributed by atoms with van der Waals surface area (Å²) in [6, 6.07) is 12.1. The highest BCUT2D eigenvalue weighted by atomic mass is 16.5. The molecule has 1 amide bonds. The number of rotatable bonds is 3. The van der Waals surface area contributed by atoms with Gasteiger partial charge in [0.05, 0.1) is 7.11 Å². The molecule has 0 bridgehead atoms. The Bertz CT molecular complexity index is 947. The normalized spacial score (nSPS) is 10.5. The average Bonchev–Trinajstić information content (AvgIpc) is 2.58. The number of carbonyl (C=O) groups excluding carboxylic acids is 1. The van der Waals surface area contributed by atoms with Crippen LogP contribution in [0.4, 0.5) is 5.69 Å². The number of nitrogens with zero attached hydrogens (tertiary/aromatic N) is 2. The van der Waals surface area contributed by atoms with Crippen molar-refractivity contribution in [3.63, 3.8) is 0 Å². The van der Waals surface area contributed by atoms with Crippen LogP contribution in [0, 0.1) is 0 Å². The van der Waals surface area contributed by atoms with E-state index in [-0.39, 0.29) is 5.56 Å². The molecular weight excluding hydrogens is 294 g/mol. The summed E-state index contributed by atoms with van der Waals surface area (Å²) >= 11 is 0. The predicted molar refractivity (Wildman–Crippen MR) is 87.9 cm³/mol. The van der Waals surface area contributed by atoms with E-state index in [0.29, 0.717) is 17.1 Å². The van der Waals surface area contributed by atoms with Crippen LogP contribution in [0.5, 0.6) is 5.75 Å². The third-order valence-corrected chi connectivity index (χ3v) is 3.54. The second-order valence-electron chi connectivity index (χ2n) is 5.02. The van der Waals surface area contributed by atoms with Crippen LogP contribution in [0.1, 0.15) is 10.4 Å². The van der Waals surface area contributed by atoms with Gasteiger partial charge in [0.25, 0.3) is 11.5 Å². The van der Waals surface area contributed by atoms with Crippen LogP contribution in [0.25, 0.3) is 11.0 Å². The summed E-state index contributed by atoms with van der Waals surface area (Å²) in [4.78, 5) is 29.0. The Kier molecular flexibility index (Phi) is 3.80. The van der Waals surface area contributed by atoms with Crippen LogP contribution in [0.2, 0.25) is 0 Å². The fourth-order valence-corrected chi connectivity index (χ4v) is 2.36. The van der Waals surface area contributed by atoms with Crippen molar-refractivity contribution in [1.82, 2.24) is 9.55 Å². The number of benzene rings is 1. The van der Waals surface area contributed by atoms with E-state index < -0.39 is 11.5 Å². The Labute approximate surface area is 132 Å². The number of ether oxygens (including phenoxy) is 1. The zero-order valence-electron chi connectivity index (χ0n) is 12.7. The van der Waals surface area contributed by atoms with Crippen molar-refractivity contribution in [2.45, 2.75) is 0 Å². The standard InChI is InChI=1S/C17H15N3O3/c1-20-15-11(5-4-8-18-15)9-14(17(20)22)16(21)19-12-6-3-7-13(10-12)23-2/h3-10H,1-2H3,(H,19,21). The fraction of sp³-hybridized carbons (Fsp3) is 0.118. The van der Waals surface area contributed by atoms with Gasteiger partial charge in [0.2, 0.25) is 0 Å². The van der Waals surface area contributed by atoms with Crippen molar-refractivity contribution in [1.29, 1.82) is 0 Å². The highest BCUT2D eigenvalue weighted by Gasteiger charge is 2.15. The van der Waals surface area contributed by atoms with Crippen LogP contribution in [0.15, 0.2) is 53.5 Å². The lowest BCUT2D eigenvalue weighted by molar-refractivity contribution is 0.102. The molecule has 23 heavy (non-hydrogen) atoms. The Morgan fingerprint density at radius 1 is 1.22 bits per heavy atom. The highest BCUT2D eigenvalue weighted by Crippen LogP contribution is 2.17. The first kappa shape index (κ1) is 14.8. The quantitative estimate of drug-likeness (QED) is 0.805. The van der Waals surface area contributed by atoms with Gasteiger partial charge in [0.15, 0.2) is 0 Å². The first-order valence-corrected chi connectivity index (χ1v) is 7.00. The van der Waals surface area contributed by atoms with E-state index in [4.69, 9.17) is 4.74 Å². The largest absolute Gasteiger partial charge is 0.497 e. The molecule has 6 nitrogen and oxygen atoms in total. The van der Waals surface area contributed by atoms with E-state index in [1.165, 1.54) is 4.57 Å². The maximum Gasteiger partial charge on any atom is 0.264 e. The average molecular weight is 309 g/mol. The Balaban J connectivity index is 2.00. The van der Waals surface area contributed by atoms with Gasteiger partial charge in [0, 0.05) is 30.4 Å². The Morgan fingerprint density at radius 2 is 2.04 bits per heavy atom. The zero-order chi connectivity index (χ0) is 16.4. The third kappa shape index (κ3) is 2.78. The summed E-state index contributed by atoms with van der Waals surface area (Å²) in [7, 11) is 3.15. The lowest BCUT2D eigenvalue weighted by atomic mass is 10.2. The van der Waals surface area contributed by atoms with Gasteiger partial charge < -0.3 is 10.1 Å². The maximum atomic E-state index is 12.4. The molecule has 0 aliphatic heterocycles. The molecule has 0 fully saturated rings. The highest BCUT2D eigenvalue weighted by molar-refractivity contribution is 6.05. The number of nitrogens with one attached hydrogen (secondary N) is 1. The fourth-order valence-electron chi connectivity index (χ4n) is 2.36. The number of hydrogen-bond acceptors (Lipinski definition) is 4. The Hall–Kier alpha value is -3.15. The first-order valence-electron chi connectivity index (χ1n) is 7.00. The van der Waals surface area contributed by atoms with Crippen molar-refractivity contribution >= 4 is 22.6 Å². The van der Waals surface area contributed by atoms with E-state index in [0.717, 1.165) is 5.39 Å². The first-order chi connectivity index (χ1) is 11.1. The van der Waals surface area contributed by atoms with Crippen molar-refractivity contribution < 1.29 is 9.53 Å². The summed E-state index contributed by atoms with van der Waals surface area (Å²) in [5.74, 6) is 0.156. The summed E-state index contributed by atoms with van der Waals surface area (Å²) in [6.07, 6.45) is 1.61. The molecule has 0 saturated heterocycles. The summed E-state index contributed by atoms with van der Waals surface area (Å²) in [6.45, 7) is 0. The molecule has 0 radical (unpaired) electrons. The van der Waals surface area contributed by atoms with E-state index in [1.54, 1.807) is 56.8 Å². The van der Waals surface area contributed by atoms with Crippen LogP contribution in [0.3, 0.4) is 0 Å². The third-order valence-electron chi connectivity index (χ3n) is 3.54. The minimum atomic E-state index is -0.468. The van der Waals surface area contributed by atoms with E-state index in [9.17, 15) is 9.59 Å².